The third kappa shape index (κ3) is 17.3. The van der Waals surface area contributed by atoms with E-state index in [2.05, 4.69) is 70.2 Å². The average molecular weight is 373 g/mol. The van der Waals surface area contributed by atoms with Gasteiger partial charge in [0.15, 0.2) is 0 Å². The van der Waals surface area contributed by atoms with Crippen molar-refractivity contribution in [1.82, 2.24) is 0 Å². The lowest BCUT2D eigenvalue weighted by Gasteiger charge is -2.15. The van der Waals surface area contributed by atoms with Crippen molar-refractivity contribution in [3.05, 3.63) is 60.8 Å². The molecule has 0 heterocycles. The molecule has 0 aliphatic heterocycles. The molecule has 0 aromatic rings. The monoisotopic (exact) mass is 372 g/mol. The number of unbranched alkanes of at least 4 members (excludes halogenated alkanes) is 2. The quantitative estimate of drug-likeness (QED) is 0.183. The van der Waals surface area contributed by atoms with Crippen LogP contribution in [0.25, 0.3) is 0 Å². The molecule has 0 aromatic heterocycles. The second-order valence-corrected chi connectivity index (χ2v) is 7.49. The molecule has 0 amide bonds. The third-order valence-electron chi connectivity index (χ3n) is 4.77. The molecule has 0 fully saturated rings. The molecule has 0 rings (SSSR count). The van der Waals surface area contributed by atoms with Gasteiger partial charge in [-0.3, -0.25) is 4.79 Å². The van der Waals surface area contributed by atoms with Crippen molar-refractivity contribution < 1.29 is 9.90 Å². The number of aliphatic carboxylic acids is 1. The fraction of sp³-hybridized carbons (Fsp3) is 0.560. The molecule has 2 heteroatoms. The second-order valence-electron chi connectivity index (χ2n) is 7.49. The summed E-state index contributed by atoms with van der Waals surface area (Å²) >= 11 is 0. The molecule has 3 atom stereocenters. The van der Waals surface area contributed by atoms with Gasteiger partial charge < -0.3 is 5.11 Å². The van der Waals surface area contributed by atoms with Crippen molar-refractivity contribution in [2.45, 2.75) is 72.6 Å². The van der Waals surface area contributed by atoms with Crippen LogP contribution < -0.4 is 0 Å². The molecule has 0 spiro atoms. The van der Waals surface area contributed by atoms with Crippen LogP contribution in [0.3, 0.4) is 0 Å². The van der Waals surface area contributed by atoms with Gasteiger partial charge in [-0.05, 0) is 30.6 Å². The largest absolute Gasteiger partial charge is 0.481 e. The standard InChI is InChI=1S/C25H40O2/c1-5-6-12-19-23(3)24(4)20-15-10-8-7-9-13-17-22(2)18-14-11-16-21-25(26)27/h7-11,13-15,17,20,22-24H,5-6,12,16,18-19,21H2,1-4H3,(H,26,27)/b9-7-,10-8-,14-11-,17-13+,20-15+. The first kappa shape index (κ1) is 25.2. The van der Waals surface area contributed by atoms with Crippen LogP contribution in [0.2, 0.25) is 0 Å². The van der Waals surface area contributed by atoms with Crippen molar-refractivity contribution >= 4 is 5.97 Å². The Kier molecular flexibility index (Phi) is 16.4. The molecule has 152 valence electrons. The Morgan fingerprint density at radius 1 is 0.889 bits per heavy atom. The number of rotatable bonds is 15. The summed E-state index contributed by atoms with van der Waals surface area (Å²) in [6, 6.07) is 0. The van der Waals surface area contributed by atoms with Crippen LogP contribution in [-0.2, 0) is 4.79 Å². The van der Waals surface area contributed by atoms with Gasteiger partial charge in [0.1, 0.15) is 0 Å². The van der Waals surface area contributed by atoms with E-state index in [1.54, 1.807) is 0 Å². The normalized spacial score (nSPS) is 16.3. The lowest BCUT2D eigenvalue weighted by molar-refractivity contribution is -0.136. The van der Waals surface area contributed by atoms with Crippen molar-refractivity contribution in [3.8, 4) is 0 Å². The minimum absolute atomic E-state index is 0.209. The molecule has 0 aliphatic carbocycles. The number of carboxylic acid groups (broad SMARTS) is 1. The molecule has 0 bridgehead atoms. The molecule has 27 heavy (non-hydrogen) atoms. The van der Waals surface area contributed by atoms with E-state index in [4.69, 9.17) is 5.11 Å². The van der Waals surface area contributed by atoms with E-state index < -0.39 is 5.97 Å². The minimum Gasteiger partial charge on any atom is -0.481 e. The number of allylic oxidation sites excluding steroid dienone is 10. The zero-order valence-electron chi connectivity index (χ0n) is 17.8. The second kappa shape index (κ2) is 17.6. The lowest BCUT2D eigenvalue weighted by atomic mass is 9.90. The van der Waals surface area contributed by atoms with Crippen LogP contribution >= 0.6 is 0 Å². The molecule has 0 radical (unpaired) electrons. The predicted molar refractivity (Wildman–Crippen MR) is 119 cm³/mol. The molecule has 0 saturated carbocycles. The molecule has 3 unspecified atom stereocenters. The number of carbonyl (C=O) groups is 1. The van der Waals surface area contributed by atoms with Crippen LogP contribution in [-0.4, -0.2) is 11.1 Å². The molecule has 0 saturated heterocycles. The first-order chi connectivity index (χ1) is 13.0. The van der Waals surface area contributed by atoms with E-state index in [1.165, 1.54) is 25.7 Å². The van der Waals surface area contributed by atoms with Crippen LogP contribution in [0.5, 0.6) is 0 Å². The van der Waals surface area contributed by atoms with Crippen LogP contribution in [0, 0.1) is 17.8 Å². The van der Waals surface area contributed by atoms with Crippen molar-refractivity contribution in [2.75, 3.05) is 0 Å². The fourth-order valence-electron chi connectivity index (χ4n) is 2.63. The smallest absolute Gasteiger partial charge is 0.303 e. The average Bonchev–Trinajstić information content (AvgIpc) is 2.63. The number of carboxylic acids is 1. The number of hydrogen-bond donors (Lipinski definition) is 1. The Hall–Kier alpha value is -1.83. The minimum atomic E-state index is -0.739. The summed E-state index contributed by atoms with van der Waals surface area (Å²) < 4.78 is 0. The van der Waals surface area contributed by atoms with Gasteiger partial charge in [-0.2, -0.15) is 0 Å². The van der Waals surface area contributed by atoms with E-state index in [1.807, 2.05) is 18.2 Å². The summed E-state index contributed by atoms with van der Waals surface area (Å²) in [6.45, 7) is 9.07. The highest BCUT2D eigenvalue weighted by molar-refractivity contribution is 5.66. The van der Waals surface area contributed by atoms with E-state index in [9.17, 15) is 4.79 Å². The van der Waals surface area contributed by atoms with Crippen molar-refractivity contribution in [3.63, 3.8) is 0 Å². The Bertz CT molecular complexity index is 508. The third-order valence-corrected chi connectivity index (χ3v) is 4.77. The topological polar surface area (TPSA) is 37.3 Å². The molecule has 2 nitrogen and oxygen atoms in total. The molecular formula is C25H40O2. The zero-order chi connectivity index (χ0) is 20.3. The summed E-state index contributed by atoms with van der Waals surface area (Å²) in [5.74, 6) is 1.09. The van der Waals surface area contributed by atoms with E-state index >= 15 is 0 Å². The number of hydrogen-bond acceptors (Lipinski definition) is 1. The van der Waals surface area contributed by atoms with E-state index in [0.717, 1.165) is 12.3 Å². The highest BCUT2D eigenvalue weighted by Crippen LogP contribution is 2.19. The van der Waals surface area contributed by atoms with Crippen molar-refractivity contribution in [2.24, 2.45) is 17.8 Å². The maximum atomic E-state index is 10.4. The zero-order valence-corrected chi connectivity index (χ0v) is 17.8. The Balaban J connectivity index is 3.98. The SMILES string of the molecule is CCCCCC(C)C(C)/C=C/C=C\C=C/C=C/C(C)C/C=C\CCC(=O)O. The maximum Gasteiger partial charge on any atom is 0.303 e. The Morgan fingerprint density at radius 2 is 1.52 bits per heavy atom. The maximum absolute atomic E-state index is 10.4. The summed E-state index contributed by atoms with van der Waals surface area (Å²) in [4.78, 5) is 10.4. The lowest BCUT2D eigenvalue weighted by Crippen LogP contribution is -2.04. The van der Waals surface area contributed by atoms with Gasteiger partial charge in [-0.25, -0.2) is 0 Å². The van der Waals surface area contributed by atoms with Crippen LogP contribution in [0.15, 0.2) is 60.8 Å². The summed E-state index contributed by atoms with van der Waals surface area (Å²) in [7, 11) is 0. The van der Waals surface area contributed by atoms with Gasteiger partial charge in [0, 0.05) is 6.42 Å². The fourth-order valence-corrected chi connectivity index (χ4v) is 2.63. The summed E-state index contributed by atoms with van der Waals surface area (Å²) in [5.41, 5.74) is 0. The Labute approximate surface area is 167 Å². The van der Waals surface area contributed by atoms with Crippen molar-refractivity contribution in [1.29, 1.82) is 0 Å². The van der Waals surface area contributed by atoms with Gasteiger partial charge in [0.2, 0.25) is 0 Å². The first-order valence-electron chi connectivity index (χ1n) is 10.5. The van der Waals surface area contributed by atoms with Crippen LogP contribution in [0.4, 0.5) is 0 Å². The predicted octanol–water partition coefficient (Wildman–Crippen LogP) is 7.51. The van der Waals surface area contributed by atoms with Gasteiger partial charge in [0.25, 0.3) is 0 Å². The summed E-state index contributed by atoms with van der Waals surface area (Å²) in [5, 5.41) is 8.57. The Morgan fingerprint density at radius 3 is 2.15 bits per heavy atom. The molecule has 1 N–H and O–H groups in total. The van der Waals surface area contributed by atoms with Gasteiger partial charge in [-0.1, -0.05) is 114 Å². The molecule has 0 aliphatic rings. The molecule has 0 aromatic carbocycles. The van der Waals surface area contributed by atoms with E-state index in [0.29, 0.717) is 18.3 Å². The van der Waals surface area contributed by atoms with E-state index in [-0.39, 0.29) is 6.42 Å². The highest BCUT2D eigenvalue weighted by atomic mass is 16.4. The molecular weight excluding hydrogens is 332 g/mol. The summed E-state index contributed by atoms with van der Waals surface area (Å²) in [6.07, 6.45) is 28.0. The van der Waals surface area contributed by atoms with Crippen LogP contribution in [0.1, 0.15) is 72.6 Å². The van der Waals surface area contributed by atoms with Gasteiger partial charge in [0.05, 0.1) is 0 Å². The van der Waals surface area contributed by atoms with Gasteiger partial charge >= 0.3 is 5.97 Å². The highest BCUT2D eigenvalue weighted by Gasteiger charge is 2.07. The van der Waals surface area contributed by atoms with Gasteiger partial charge in [-0.15, -0.1) is 0 Å². The first-order valence-corrected chi connectivity index (χ1v) is 10.5.